The number of thioether (sulfide) groups is 1. The molecule has 2 atom stereocenters. The van der Waals surface area contributed by atoms with Crippen molar-refractivity contribution in [1.29, 1.82) is 0 Å². The van der Waals surface area contributed by atoms with E-state index in [1.165, 1.54) is 11.8 Å². The van der Waals surface area contributed by atoms with Crippen molar-refractivity contribution < 1.29 is 13.2 Å². The van der Waals surface area contributed by atoms with Crippen molar-refractivity contribution in [1.82, 2.24) is 0 Å². The summed E-state index contributed by atoms with van der Waals surface area (Å²) in [5.74, 6) is -0.382. The molecule has 0 N–H and O–H groups in total. The van der Waals surface area contributed by atoms with E-state index in [1.54, 1.807) is 0 Å². The predicted molar refractivity (Wildman–Crippen MR) is 95.4 cm³/mol. The van der Waals surface area contributed by atoms with Gasteiger partial charge in [0.1, 0.15) is 5.88 Å². The van der Waals surface area contributed by atoms with E-state index in [0.717, 1.165) is 16.8 Å². The van der Waals surface area contributed by atoms with E-state index in [0.29, 0.717) is 5.17 Å². The van der Waals surface area contributed by atoms with Gasteiger partial charge in [-0.3, -0.25) is 4.79 Å². The van der Waals surface area contributed by atoms with Crippen LogP contribution in [0.2, 0.25) is 0 Å². The summed E-state index contributed by atoms with van der Waals surface area (Å²) in [5.41, 5.74) is 3.14. The molecule has 2 aliphatic rings. The first-order valence-electron chi connectivity index (χ1n) is 7.22. The minimum absolute atomic E-state index is 0.0890. The quantitative estimate of drug-likeness (QED) is 0.744. The summed E-state index contributed by atoms with van der Waals surface area (Å²) >= 11 is 6.91. The molecule has 23 heavy (non-hydrogen) atoms. The minimum Gasteiger partial charge on any atom is -0.316 e. The van der Waals surface area contributed by atoms with Crippen LogP contribution in [0.15, 0.2) is 23.2 Å². The normalized spacial score (nSPS) is 27.4. The Morgan fingerprint density at radius 3 is 2.74 bits per heavy atom. The van der Waals surface area contributed by atoms with Crippen molar-refractivity contribution in [2.45, 2.75) is 25.1 Å². The number of sulfone groups is 1. The molecule has 2 saturated heterocycles. The molecular formula is C15H17ClN2O3S2. The van der Waals surface area contributed by atoms with Gasteiger partial charge in [0.15, 0.2) is 15.0 Å². The number of amides is 1. The molecule has 2 fully saturated rings. The van der Waals surface area contributed by atoms with Crippen LogP contribution in [0.4, 0.5) is 5.69 Å². The average molecular weight is 373 g/mol. The number of nitrogens with zero attached hydrogens (tertiary/aromatic N) is 2. The van der Waals surface area contributed by atoms with Gasteiger partial charge in [0.2, 0.25) is 0 Å². The summed E-state index contributed by atoms with van der Waals surface area (Å²) in [4.78, 5) is 17.6. The van der Waals surface area contributed by atoms with Crippen LogP contribution in [0.5, 0.6) is 0 Å². The van der Waals surface area contributed by atoms with E-state index in [9.17, 15) is 13.2 Å². The monoisotopic (exact) mass is 372 g/mol. The number of aliphatic imine (C=N–C) groups is 1. The largest absolute Gasteiger partial charge is 0.316 e. The van der Waals surface area contributed by atoms with Crippen molar-refractivity contribution in [3.05, 3.63) is 29.3 Å². The molecule has 124 valence electrons. The van der Waals surface area contributed by atoms with Crippen LogP contribution >= 0.6 is 23.4 Å². The van der Waals surface area contributed by atoms with Gasteiger partial charge >= 0.3 is 0 Å². The first-order chi connectivity index (χ1) is 10.8. The maximum atomic E-state index is 12.0. The maximum Gasteiger partial charge on any atom is 0.262 e. The molecule has 2 heterocycles. The van der Waals surface area contributed by atoms with Crippen molar-refractivity contribution in [2.75, 3.05) is 22.3 Å². The van der Waals surface area contributed by atoms with Crippen LogP contribution in [0.3, 0.4) is 0 Å². The molecule has 0 radical (unpaired) electrons. The lowest BCUT2D eigenvalue weighted by Crippen LogP contribution is -2.37. The maximum absolute atomic E-state index is 12.0. The number of benzene rings is 1. The Bertz CT molecular complexity index is 792. The van der Waals surface area contributed by atoms with Crippen molar-refractivity contribution in [2.24, 2.45) is 4.99 Å². The third-order valence-corrected chi connectivity index (χ3v) is 7.61. The lowest BCUT2D eigenvalue weighted by atomic mass is 10.1. The summed E-state index contributed by atoms with van der Waals surface area (Å²) in [5, 5.41) is 0.451. The molecule has 1 aromatic rings. The van der Waals surface area contributed by atoms with Gasteiger partial charge in [-0.1, -0.05) is 17.8 Å². The highest BCUT2D eigenvalue weighted by Crippen LogP contribution is 2.41. The van der Waals surface area contributed by atoms with E-state index in [4.69, 9.17) is 11.6 Å². The second kappa shape index (κ2) is 6.11. The van der Waals surface area contributed by atoms with Gasteiger partial charge in [-0.05, 0) is 37.1 Å². The Kier molecular flexibility index (Phi) is 4.46. The Labute approximate surface area is 145 Å². The van der Waals surface area contributed by atoms with Crippen molar-refractivity contribution >= 4 is 50.0 Å². The molecule has 0 saturated carbocycles. The standard InChI is InChI=1S/C15H17ClN2O3S2/c1-9-3-4-11(5-10(9)2)18-12-7-23(20,21)8-13(12)22-15(18)17-14(19)6-16/h3-5,12-13H,6-8H2,1-2H3/t12-,13-/m0/s1. The first-order valence-corrected chi connectivity index (χ1v) is 10.5. The van der Waals surface area contributed by atoms with E-state index in [2.05, 4.69) is 4.99 Å². The van der Waals surface area contributed by atoms with Crippen LogP contribution in [0.1, 0.15) is 11.1 Å². The average Bonchev–Trinajstić information content (AvgIpc) is 2.93. The molecule has 0 unspecified atom stereocenters. The summed E-state index contributed by atoms with van der Waals surface area (Å²) in [7, 11) is -3.05. The van der Waals surface area contributed by atoms with Crippen LogP contribution in [0.25, 0.3) is 0 Å². The molecule has 5 nitrogen and oxygen atoms in total. The van der Waals surface area contributed by atoms with Crippen LogP contribution in [0, 0.1) is 13.8 Å². The van der Waals surface area contributed by atoms with Gasteiger partial charge in [0.25, 0.3) is 5.91 Å². The lowest BCUT2D eigenvalue weighted by molar-refractivity contribution is -0.115. The molecule has 0 aromatic heterocycles. The highest BCUT2D eigenvalue weighted by Gasteiger charge is 2.49. The molecule has 0 aliphatic carbocycles. The summed E-state index contributed by atoms with van der Waals surface area (Å²) < 4.78 is 23.9. The molecule has 1 amide bonds. The highest BCUT2D eigenvalue weighted by atomic mass is 35.5. The molecular weight excluding hydrogens is 356 g/mol. The number of hydrogen-bond acceptors (Lipinski definition) is 4. The smallest absolute Gasteiger partial charge is 0.262 e. The second-order valence-electron chi connectivity index (χ2n) is 5.86. The number of rotatable bonds is 2. The van der Waals surface area contributed by atoms with Gasteiger partial charge in [-0.15, -0.1) is 11.6 Å². The van der Waals surface area contributed by atoms with Crippen LogP contribution in [-0.4, -0.2) is 48.2 Å². The Hall–Kier alpha value is -1.05. The number of amidine groups is 1. The van der Waals surface area contributed by atoms with Crippen LogP contribution in [-0.2, 0) is 14.6 Å². The molecule has 3 rings (SSSR count). The van der Waals surface area contributed by atoms with Gasteiger partial charge in [0, 0.05) is 10.9 Å². The molecule has 0 spiro atoms. The van der Waals surface area contributed by atoms with E-state index >= 15 is 0 Å². The van der Waals surface area contributed by atoms with Gasteiger partial charge in [-0.25, -0.2) is 8.42 Å². The van der Waals surface area contributed by atoms with Gasteiger partial charge in [0.05, 0.1) is 17.5 Å². The number of carbonyl (C=O) groups excluding carboxylic acids is 1. The van der Waals surface area contributed by atoms with Gasteiger partial charge < -0.3 is 4.90 Å². The fourth-order valence-corrected chi connectivity index (χ4v) is 6.87. The Morgan fingerprint density at radius 2 is 2.09 bits per heavy atom. The zero-order chi connectivity index (χ0) is 16.8. The van der Waals surface area contributed by atoms with E-state index < -0.39 is 15.7 Å². The number of anilines is 1. The Morgan fingerprint density at radius 1 is 1.35 bits per heavy atom. The Balaban J connectivity index is 2.04. The number of fused-ring (bicyclic) bond motifs is 1. The molecule has 2 aliphatic heterocycles. The lowest BCUT2D eigenvalue weighted by Gasteiger charge is -2.25. The van der Waals surface area contributed by atoms with Crippen molar-refractivity contribution in [3.8, 4) is 0 Å². The van der Waals surface area contributed by atoms with Crippen molar-refractivity contribution in [3.63, 3.8) is 0 Å². The molecule has 0 bridgehead atoms. The van der Waals surface area contributed by atoms with E-state index in [1.807, 2.05) is 36.9 Å². The van der Waals surface area contributed by atoms with E-state index in [-0.39, 0.29) is 28.7 Å². The third kappa shape index (κ3) is 3.27. The predicted octanol–water partition coefficient (Wildman–Crippen LogP) is 2.14. The second-order valence-corrected chi connectivity index (χ2v) is 9.49. The summed E-state index contributed by atoms with van der Waals surface area (Å²) in [6, 6.07) is 5.75. The highest BCUT2D eigenvalue weighted by molar-refractivity contribution is 8.16. The SMILES string of the molecule is Cc1ccc(N2C(=NC(=O)CCl)S[C@H]3CS(=O)(=O)C[C@@H]32)cc1C. The zero-order valence-electron chi connectivity index (χ0n) is 12.8. The topological polar surface area (TPSA) is 66.8 Å². The number of halogens is 1. The molecule has 1 aromatic carbocycles. The minimum atomic E-state index is -3.05. The molecule has 8 heteroatoms. The number of hydrogen-bond donors (Lipinski definition) is 0. The fourth-order valence-electron chi connectivity index (χ4n) is 2.88. The number of alkyl halides is 1. The third-order valence-electron chi connectivity index (χ3n) is 4.17. The number of aryl methyl sites for hydroxylation is 2. The first kappa shape index (κ1) is 16.8. The number of carbonyl (C=O) groups is 1. The zero-order valence-corrected chi connectivity index (χ0v) is 15.2. The summed E-state index contributed by atoms with van der Waals surface area (Å²) in [6.45, 7) is 4.03. The van der Waals surface area contributed by atoms with Gasteiger partial charge in [-0.2, -0.15) is 4.99 Å². The van der Waals surface area contributed by atoms with Crippen LogP contribution < -0.4 is 4.90 Å². The summed E-state index contributed by atoms with van der Waals surface area (Å²) in [6.07, 6.45) is 0. The fraction of sp³-hybridized carbons (Fsp3) is 0.467.